The Balaban J connectivity index is 1.62. The van der Waals surface area contributed by atoms with Crippen molar-refractivity contribution < 1.29 is 19.1 Å². The summed E-state index contributed by atoms with van der Waals surface area (Å²) in [7, 11) is 3.18. The number of para-hydroxylation sites is 1. The van der Waals surface area contributed by atoms with Gasteiger partial charge in [0, 0.05) is 36.7 Å². The van der Waals surface area contributed by atoms with E-state index in [1.807, 2.05) is 79.7 Å². The van der Waals surface area contributed by atoms with Crippen molar-refractivity contribution >= 4 is 11.8 Å². The molecule has 3 aromatic carbocycles. The van der Waals surface area contributed by atoms with E-state index in [0.717, 1.165) is 16.7 Å². The van der Waals surface area contributed by atoms with Gasteiger partial charge in [0.25, 0.3) is 5.91 Å². The molecule has 2 amide bonds. The zero-order valence-electron chi connectivity index (χ0n) is 19.8. The molecular formula is C28H30N2O4. The molecule has 0 bridgehead atoms. The standard InChI is InChI=1S/C28H30N2O4/c1-19-12-14-21(15-13-19)28(32)30-17-23(22-10-7-11-25(33-2)26(22)34-3)24(18-30)27(31)29-16-20-8-5-4-6-9-20/h4-15,23-24H,16-18H2,1-3H3,(H,29,31). The highest BCUT2D eigenvalue weighted by atomic mass is 16.5. The van der Waals surface area contributed by atoms with Gasteiger partial charge in [-0.15, -0.1) is 0 Å². The SMILES string of the molecule is COc1cccc(C2CN(C(=O)c3ccc(C)cc3)CC2C(=O)NCc2ccccc2)c1OC. The molecule has 0 radical (unpaired) electrons. The monoisotopic (exact) mass is 458 g/mol. The van der Waals surface area contributed by atoms with Crippen LogP contribution in [0.2, 0.25) is 0 Å². The average molecular weight is 459 g/mol. The molecule has 1 fully saturated rings. The van der Waals surface area contributed by atoms with E-state index in [9.17, 15) is 9.59 Å². The third-order valence-electron chi connectivity index (χ3n) is 6.38. The number of hydrogen-bond donors (Lipinski definition) is 1. The van der Waals surface area contributed by atoms with Crippen LogP contribution < -0.4 is 14.8 Å². The molecule has 1 N–H and O–H groups in total. The minimum atomic E-state index is -0.417. The van der Waals surface area contributed by atoms with Crippen molar-refractivity contribution in [2.75, 3.05) is 27.3 Å². The molecule has 176 valence electrons. The Morgan fingerprint density at radius 3 is 2.32 bits per heavy atom. The molecule has 0 spiro atoms. The quantitative estimate of drug-likeness (QED) is 0.577. The van der Waals surface area contributed by atoms with E-state index in [1.165, 1.54) is 0 Å². The smallest absolute Gasteiger partial charge is 0.253 e. The Labute approximate surface area is 200 Å². The van der Waals surface area contributed by atoms with E-state index in [4.69, 9.17) is 9.47 Å². The number of carbonyl (C=O) groups is 2. The first kappa shape index (κ1) is 23.4. The fraction of sp³-hybridized carbons (Fsp3) is 0.286. The van der Waals surface area contributed by atoms with Gasteiger partial charge in [0.05, 0.1) is 20.1 Å². The van der Waals surface area contributed by atoms with Crippen molar-refractivity contribution in [2.24, 2.45) is 5.92 Å². The molecule has 2 atom stereocenters. The van der Waals surface area contributed by atoms with Crippen LogP contribution in [0, 0.1) is 12.8 Å². The molecule has 0 saturated carbocycles. The Hall–Kier alpha value is -3.80. The highest BCUT2D eigenvalue weighted by Crippen LogP contribution is 2.42. The van der Waals surface area contributed by atoms with Gasteiger partial charge in [0.2, 0.25) is 5.91 Å². The molecule has 34 heavy (non-hydrogen) atoms. The topological polar surface area (TPSA) is 67.9 Å². The number of methoxy groups -OCH3 is 2. The molecule has 4 rings (SSSR count). The van der Waals surface area contributed by atoms with Gasteiger partial charge in [-0.25, -0.2) is 0 Å². The predicted molar refractivity (Wildman–Crippen MR) is 131 cm³/mol. The summed E-state index contributed by atoms with van der Waals surface area (Å²) in [6.45, 7) is 3.17. The Bertz CT molecular complexity index is 1140. The van der Waals surface area contributed by atoms with Crippen LogP contribution in [0.25, 0.3) is 0 Å². The van der Waals surface area contributed by atoms with Crippen LogP contribution in [0.4, 0.5) is 0 Å². The van der Waals surface area contributed by atoms with Crippen LogP contribution in [0.1, 0.15) is 33.0 Å². The third-order valence-corrected chi connectivity index (χ3v) is 6.38. The fourth-order valence-electron chi connectivity index (χ4n) is 4.55. The lowest BCUT2D eigenvalue weighted by molar-refractivity contribution is -0.125. The van der Waals surface area contributed by atoms with E-state index in [2.05, 4.69) is 5.32 Å². The van der Waals surface area contributed by atoms with Crippen molar-refractivity contribution in [3.8, 4) is 11.5 Å². The maximum absolute atomic E-state index is 13.4. The van der Waals surface area contributed by atoms with Gasteiger partial charge in [0.15, 0.2) is 11.5 Å². The maximum Gasteiger partial charge on any atom is 0.253 e. The van der Waals surface area contributed by atoms with Crippen molar-refractivity contribution in [2.45, 2.75) is 19.4 Å². The number of carbonyl (C=O) groups excluding carboxylic acids is 2. The highest BCUT2D eigenvalue weighted by Gasteiger charge is 2.42. The van der Waals surface area contributed by atoms with Crippen molar-refractivity contribution in [3.63, 3.8) is 0 Å². The average Bonchev–Trinajstić information content (AvgIpc) is 3.32. The number of amides is 2. The summed E-state index contributed by atoms with van der Waals surface area (Å²) < 4.78 is 11.2. The molecule has 1 aliphatic heterocycles. The summed E-state index contributed by atoms with van der Waals surface area (Å²) in [6.07, 6.45) is 0. The summed E-state index contributed by atoms with van der Waals surface area (Å²) in [5, 5.41) is 3.06. The molecule has 0 aliphatic carbocycles. The van der Waals surface area contributed by atoms with Gasteiger partial charge in [-0.1, -0.05) is 60.2 Å². The third kappa shape index (κ3) is 4.91. The number of rotatable bonds is 7. The second-order valence-electron chi connectivity index (χ2n) is 8.58. The van der Waals surface area contributed by atoms with Gasteiger partial charge < -0.3 is 19.7 Å². The first-order chi connectivity index (χ1) is 16.5. The fourth-order valence-corrected chi connectivity index (χ4v) is 4.55. The lowest BCUT2D eigenvalue weighted by Crippen LogP contribution is -2.35. The van der Waals surface area contributed by atoms with Crippen molar-refractivity contribution in [3.05, 3.63) is 95.1 Å². The van der Waals surface area contributed by atoms with Crippen LogP contribution in [0.3, 0.4) is 0 Å². The first-order valence-corrected chi connectivity index (χ1v) is 11.4. The van der Waals surface area contributed by atoms with Gasteiger partial charge in [-0.3, -0.25) is 9.59 Å². The molecule has 1 heterocycles. The number of aryl methyl sites for hydroxylation is 1. The summed E-state index contributed by atoms with van der Waals surface area (Å²) in [4.78, 5) is 28.4. The summed E-state index contributed by atoms with van der Waals surface area (Å²) in [6, 6.07) is 23.0. The normalized spacial score (nSPS) is 17.3. The number of ether oxygens (including phenoxy) is 2. The Kier molecular flexibility index (Phi) is 7.16. The van der Waals surface area contributed by atoms with Crippen LogP contribution in [-0.4, -0.2) is 44.0 Å². The molecule has 1 saturated heterocycles. The van der Waals surface area contributed by atoms with Crippen molar-refractivity contribution in [1.82, 2.24) is 10.2 Å². The number of nitrogens with zero attached hydrogens (tertiary/aromatic N) is 1. The molecule has 2 unspecified atom stereocenters. The van der Waals surface area contributed by atoms with Crippen molar-refractivity contribution in [1.29, 1.82) is 0 Å². The minimum Gasteiger partial charge on any atom is -0.493 e. The van der Waals surface area contributed by atoms with E-state index in [-0.39, 0.29) is 17.7 Å². The number of benzene rings is 3. The van der Waals surface area contributed by atoms with Crippen LogP contribution in [0.15, 0.2) is 72.8 Å². The second-order valence-corrected chi connectivity index (χ2v) is 8.58. The number of likely N-dealkylation sites (tertiary alicyclic amines) is 1. The zero-order valence-corrected chi connectivity index (χ0v) is 19.8. The first-order valence-electron chi connectivity index (χ1n) is 11.4. The van der Waals surface area contributed by atoms with E-state index < -0.39 is 5.92 Å². The van der Waals surface area contributed by atoms with E-state index in [0.29, 0.717) is 36.7 Å². The summed E-state index contributed by atoms with van der Waals surface area (Å²) in [5.41, 5.74) is 3.60. The molecule has 6 heteroatoms. The summed E-state index contributed by atoms with van der Waals surface area (Å²) >= 11 is 0. The van der Waals surface area contributed by atoms with E-state index in [1.54, 1.807) is 19.1 Å². The zero-order chi connectivity index (χ0) is 24.1. The van der Waals surface area contributed by atoms with Gasteiger partial charge in [0.1, 0.15) is 0 Å². The molecule has 1 aliphatic rings. The largest absolute Gasteiger partial charge is 0.493 e. The molecular weight excluding hydrogens is 428 g/mol. The Morgan fingerprint density at radius 2 is 1.65 bits per heavy atom. The minimum absolute atomic E-state index is 0.0785. The highest BCUT2D eigenvalue weighted by molar-refractivity contribution is 5.95. The van der Waals surface area contributed by atoms with Crippen LogP contribution >= 0.6 is 0 Å². The van der Waals surface area contributed by atoms with Gasteiger partial charge >= 0.3 is 0 Å². The predicted octanol–water partition coefficient (Wildman–Crippen LogP) is 4.18. The molecule has 6 nitrogen and oxygen atoms in total. The number of hydrogen-bond acceptors (Lipinski definition) is 4. The second kappa shape index (κ2) is 10.4. The lowest BCUT2D eigenvalue weighted by atomic mass is 9.87. The lowest BCUT2D eigenvalue weighted by Gasteiger charge is -2.21. The molecule has 0 aromatic heterocycles. The number of nitrogens with one attached hydrogen (secondary N) is 1. The van der Waals surface area contributed by atoms with Crippen LogP contribution in [-0.2, 0) is 11.3 Å². The Morgan fingerprint density at radius 1 is 0.912 bits per heavy atom. The summed E-state index contributed by atoms with van der Waals surface area (Å²) in [5.74, 6) is 0.393. The maximum atomic E-state index is 13.4. The van der Waals surface area contributed by atoms with E-state index >= 15 is 0 Å². The molecule has 3 aromatic rings. The van der Waals surface area contributed by atoms with Crippen LogP contribution in [0.5, 0.6) is 11.5 Å². The van der Waals surface area contributed by atoms with Gasteiger partial charge in [-0.2, -0.15) is 0 Å². The van der Waals surface area contributed by atoms with Gasteiger partial charge in [-0.05, 0) is 30.7 Å².